The Morgan fingerprint density at radius 3 is 2.31 bits per heavy atom. The normalized spacial score (nSPS) is 27.5. The highest BCUT2D eigenvalue weighted by atomic mass is 32.1. The standard InChI is InChI=1S/C41H54N4O5S/c1-27-22-30(8-11-33(27)49-5)41-17-14-40(15-18-41,16-19-41)26-45(35-23-29(12-20-42-35)34-24-43-37(51-34)39(2,3)4)36(47)28-6-9-32(10-7-28)50-38(48)44-21-13-31(44)25-46/h8,11-12,20,22-24,28,31-32,46H,6-7,9-10,13-19,21,25-26H2,1-5H3/t28?,31-,32?,40?,41?/m0/s1. The SMILES string of the molecule is COc1ccc(C23CCC(CN(C(=O)C4CCC(OC(=O)N5CC[C@H]5CO)CC4)c4cc(-c5cnc(C(C)(C)C)s5)ccn4)(CC2)CC3)cc1C. The number of aryl methyl sites for hydroxylation is 1. The molecular weight excluding hydrogens is 661 g/mol. The summed E-state index contributed by atoms with van der Waals surface area (Å²) in [5, 5.41) is 10.6. The minimum Gasteiger partial charge on any atom is -0.496 e. The van der Waals surface area contributed by atoms with Crippen molar-refractivity contribution < 1.29 is 24.2 Å². The van der Waals surface area contributed by atoms with E-state index in [1.165, 1.54) is 11.1 Å². The summed E-state index contributed by atoms with van der Waals surface area (Å²) in [5.74, 6) is 1.63. The quantitative estimate of drug-likeness (QED) is 0.238. The van der Waals surface area contributed by atoms with Crippen molar-refractivity contribution in [3.8, 4) is 16.2 Å². The van der Waals surface area contributed by atoms with Crippen molar-refractivity contribution in [3.05, 3.63) is 58.9 Å². The zero-order valence-corrected chi connectivity index (χ0v) is 31.8. The largest absolute Gasteiger partial charge is 0.496 e. The molecule has 3 heterocycles. The number of anilines is 1. The number of carbonyl (C=O) groups is 2. The molecule has 1 aromatic carbocycles. The van der Waals surface area contributed by atoms with Gasteiger partial charge >= 0.3 is 6.09 Å². The third-order valence-corrected chi connectivity index (χ3v) is 14.0. The Kier molecular flexibility index (Phi) is 9.95. The first-order chi connectivity index (χ1) is 24.4. The van der Waals surface area contributed by atoms with E-state index >= 15 is 0 Å². The molecular formula is C41H54N4O5S. The highest BCUT2D eigenvalue weighted by Crippen LogP contribution is 2.58. The maximum atomic E-state index is 14.7. The Morgan fingerprint density at radius 2 is 1.73 bits per heavy atom. The Labute approximate surface area is 306 Å². The summed E-state index contributed by atoms with van der Waals surface area (Å²) in [7, 11) is 1.73. The van der Waals surface area contributed by atoms with Crippen LogP contribution in [0, 0.1) is 18.3 Å². The number of aliphatic hydroxyl groups excluding tert-OH is 1. The van der Waals surface area contributed by atoms with E-state index in [-0.39, 0.29) is 52.9 Å². The van der Waals surface area contributed by atoms with E-state index in [2.05, 4.69) is 52.0 Å². The molecule has 1 saturated heterocycles. The van der Waals surface area contributed by atoms with Gasteiger partial charge in [0, 0.05) is 36.8 Å². The lowest BCUT2D eigenvalue weighted by molar-refractivity contribution is -0.124. The van der Waals surface area contributed by atoms with Crippen molar-refractivity contribution in [2.45, 2.75) is 121 Å². The molecule has 2 aromatic heterocycles. The van der Waals surface area contributed by atoms with Gasteiger partial charge in [0.25, 0.3) is 0 Å². The number of aliphatic hydroxyl groups is 1. The average Bonchev–Trinajstić information content (AvgIpc) is 3.63. The van der Waals surface area contributed by atoms with Crippen LogP contribution in [0.15, 0.2) is 42.7 Å². The van der Waals surface area contributed by atoms with E-state index in [4.69, 9.17) is 19.4 Å². The third-order valence-electron chi connectivity index (χ3n) is 12.5. The van der Waals surface area contributed by atoms with Crippen molar-refractivity contribution in [2.24, 2.45) is 11.3 Å². The van der Waals surface area contributed by atoms with Gasteiger partial charge in [0.15, 0.2) is 0 Å². The van der Waals surface area contributed by atoms with Gasteiger partial charge in [-0.25, -0.2) is 14.8 Å². The van der Waals surface area contributed by atoms with Gasteiger partial charge in [0.1, 0.15) is 17.7 Å². The van der Waals surface area contributed by atoms with E-state index in [9.17, 15) is 14.7 Å². The molecule has 0 spiro atoms. The molecule has 5 aliphatic rings. The highest BCUT2D eigenvalue weighted by Gasteiger charge is 2.51. The Morgan fingerprint density at radius 1 is 1.00 bits per heavy atom. The second-order valence-corrected chi connectivity index (χ2v) is 17.8. The van der Waals surface area contributed by atoms with Gasteiger partial charge in [0.2, 0.25) is 5.91 Å². The predicted molar refractivity (Wildman–Crippen MR) is 200 cm³/mol. The molecule has 9 nitrogen and oxygen atoms in total. The second-order valence-electron chi connectivity index (χ2n) is 16.7. The molecule has 0 radical (unpaired) electrons. The number of nitrogens with zero attached hydrogens (tertiary/aromatic N) is 4. The topological polar surface area (TPSA) is 105 Å². The molecule has 1 atom stereocenters. The molecule has 3 aromatic rings. The summed E-state index contributed by atoms with van der Waals surface area (Å²) in [6, 6.07) is 10.7. The zero-order chi connectivity index (χ0) is 36.0. The second kappa shape index (κ2) is 14.1. The fourth-order valence-corrected chi connectivity index (χ4v) is 9.92. The number of aromatic nitrogens is 2. The molecule has 2 amide bonds. The summed E-state index contributed by atoms with van der Waals surface area (Å²) < 4.78 is 11.4. The molecule has 1 aliphatic heterocycles. The van der Waals surface area contributed by atoms with Crippen LogP contribution in [-0.2, 0) is 20.4 Å². The number of hydrogen-bond donors (Lipinski definition) is 1. The molecule has 1 N–H and O–H groups in total. The summed E-state index contributed by atoms with van der Waals surface area (Å²) in [6.45, 7) is 9.93. The number of hydrogen-bond acceptors (Lipinski definition) is 8. The fourth-order valence-electron chi connectivity index (χ4n) is 8.95. The summed E-state index contributed by atoms with van der Waals surface area (Å²) in [5.41, 5.74) is 3.84. The average molecular weight is 715 g/mol. The van der Waals surface area contributed by atoms with Crippen molar-refractivity contribution in [3.63, 3.8) is 0 Å². The van der Waals surface area contributed by atoms with E-state index < -0.39 is 0 Å². The van der Waals surface area contributed by atoms with Gasteiger partial charge in [0.05, 0.1) is 29.6 Å². The minimum absolute atomic E-state index is 0.0359. The number of ether oxygens (including phenoxy) is 2. The molecule has 51 heavy (non-hydrogen) atoms. The number of carbonyl (C=O) groups excluding carboxylic acids is 2. The minimum atomic E-state index is -0.343. The van der Waals surface area contributed by atoms with Gasteiger partial charge in [-0.2, -0.15) is 0 Å². The summed E-state index contributed by atoms with van der Waals surface area (Å²) in [6.07, 6.45) is 13.3. The molecule has 0 unspecified atom stereocenters. The van der Waals surface area contributed by atoms with Gasteiger partial charge < -0.3 is 19.5 Å². The first-order valence-electron chi connectivity index (χ1n) is 18.9. The van der Waals surface area contributed by atoms with E-state index in [1.807, 2.05) is 23.4 Å². The third kappa shape index (κ3) is 7.15. The Balaban J connectivity index is 1.10. The van der Waals surface area contributed by atoms with E-state index in [0.717, 1.165) is 66.1 Å². The number of thiazole rings is 1. The van der Waals surface area contributed by atoms with Crippen LogP contribution in [0.4, 0.5) is 10.6 Å². The van der Waals surface area contributed by atoms with Crippen LogP contribution < -0.4 is 9.64 Å². The monoisotopic (exact) mass is 714 g/mol. The van der Waals surface area contributed by atoms with Crippen molar-refractivity contribution >= 4 is 29.2 Å². The van der Waals surface area contributed by atoms with Gasteiger partial charge in [-0.3, -0.25) is 9.69 Å². The summed E-state index contributed by atoms with van der Waals surface area (Å²) >= 11 is 1.70. The number of fused-ring (bicyclic) bond motifs is 3. The van der Waals surface area contributed by atoms with Gasteiger partial charge in [-0.15, -0.1) is 11.3 Å². The highest BCUT2D eigenvalue weighted by molar-refractivity contribution is 7.15. The molecule has 10 heteroatoms. The first kappa shape index (κ1) is 35.9. The first-order valence-corrected chi connectivity index (χ1v) is 19.7. The number of methoxy groups -OCH3 is 1. The molecule has 4 saturated carbocycles. The van der Waals surface area contributed by atoms with Crippen LogP contribution in [0.25, 0.3) is 10.4 Å². The van der Waals surface area contributed by atoms with Crippen LogP contribution in [-0.4, -0.2) is 70.9 Å². The van der Waals surface area contributed by atoms with E-state index in [0.29, 0.717) is 44.6 Å². The van der Waals surface area contributed by atoms with Crippen molar-refractivity contribution in [1.82, 2.24) is 14.9 Å². The Hall–Kier alpha value is -3.50. The maximum Gasteiger partial charge on any atom is 0.410 e. The molecule has 8 rings (SSSR count). The van der Waals surface area contributed by atoms with Crippen LogP contribution in [0.3, 0.4) is 0 Å². The smallest absolute Gasteiger partial charge is 0.410 e. The number of pyridine rings is 1. The van der Waals surface area contributed by atoms with Gasteiger partial charge in [-0.1, -0.05) is 32.9 Å². The maximum absolute atomic E-state index is 14.7. The zero-order valence-electron chi connectivity index (χ0n) is 31.0. The molecule has 2 bridgehead atoms. The van der Waals surface area contributed by atoms with Crippen molar-refractivity contribution in [2.75, 3.05) is 31.7 Å². The molecule has 4 aliphatic carbocycles. The van der Waals surface area contributed by atoms with Crippen LogP contribution in [0.1, 0.15) is 108 Å². The number of benzene rings is 1. The summed E-state index contributed by atoms with van der Waals surface area (Å²) in [4.78, 5) is 41.7. The lowest BCUT2D eigenvalue weighted by Crippen LogP contribution is -2.54. The van der Waals surface area contributed by atoms with Crippen LogP contribution in [0.5, 0.6) is 5.75 Å². The number of rotatable bonds is 9. The number of amides is 2. The predicted octanol–water partition coefficient (Wildman–Crippen LogP) is 8.21. The lowest BCUT2D eigenvalue weighted by Gasteiger charge is -2.55. The Bertz CT molecular complexity index is 1710. The van der Waals surface area contributed by atoms with Crippen molar-refractivity contribution in [1.29, 1.82) is 0 Å². The number of likely N-dealkylation sites (tertiary alicyclic amines) is 1. The van der Waals surface area contributed by atoms with Crippen LogP contribution in [0.2, 0.25) is 0 Å². The van der Waals surface area contributed by atoms with Gasteiger partial charge in [-0.05, 0) is 123 Å². The van der Waals surface area contributed by atoms with Crippen LogP contribution >= 0.6 is 11.3 Å². The molecule has 274 valence electrons. The van der Waals surface area contributed by atoms with E-state index in [1.54, 1.807) is 23.3 Å². The molecule has 5 fully saturated rings. The fraction of sp³-hybridized carbons (Fsp3) is 0.610. The lowest BCUT2D eigenvalue weighted by atomic mass is 9.51.